The van der Waals surface area contributed by atoms with Gasteiger partial charge in [0, 0.05) is 22.5 Å². The van der Waals surface area contributed by atoms with E-state index >= 15 is 0 Å². The van der Waals surface area contributed by atoms with Crippen LogP contribution in [0.25, 0.3) is 5.69 Å². The fraction of sp³-hybridized carbons (Fsp3) is 0. The average molecular weight is 226 g/mol. The Hall–Kier alpha value is -1.09. The molecule has 0 fully saturated rings. The first-order valence-corrected chi connectivity index (χ1v) is 4.17. The molecule has 0 amide bonds. The van der Waals surface area contributed by atoms with E-state index in [-0.39, 0.29) is 18.6 Å². The van der Waals surface area contributed by atoms with E-state index in [1.54, 1.807) is 12.1 Å². The zero-order chi connectivity index (χ0) is 11.0. The topological polar surface area (TPSA) is 17.8 Å². The van der Waals surface area contributed by atoms with Crippen LogP contribution in [0.3, 0.4) is 0 Å². The molecule has 0 aliphatic rings. The number of imidazole rings is 1. The lowest BCUT2D eigenvalue weighted by Crippen LogP contribution is -1.88. The fourth-order valence-corrected chi connectivity index (χ4v) is 1.30. The molecule has 12 heavy (non-hydrogen) atoms. The highest BCUT2D eigenvalue weighted by Crippen LogP contribution is 2.14. The standard InChI is InChI=1S/C9H7BrN2/c10-8-2-1-3-9(6-8)12-5-4-11-7-12/h1-7H/i4D,5D,7D. The Morgan fingerprint density at radius 1 is 1.50 bits per heavy atom. The summed E-state index contributed by atoms with van der Waals surface area (Å²) in [5.41, 5.74) is 0.658. The third-order valence-corrected chi connectivity index (χ3v) is 1.93. The van der Waals surface area contributed by atoms with E-state index in [9.17, 15) is 0 Å². The van der Waals surface area contributed by atoms with Crippen molar-refractivity contribution in [1.29, 1.82) is 0 Å². The Labute approximate surface area is 83.2 Å². The molecule has 0 N–H and O–H groups in total. The van der Waals surface area contributed by atoms with Gasteiger partial charge in [-0.15, -0.1) is 0 Å². The number of hydrogen-bond acceptors (Lipinski definition) is 1. The van der Waals surface area contributed by atoms with Crippen LogP contribution in [-0.2, 0) is 0 Å². The van der Waals surface area contributed by atoms with E-state index in [1.165, 1.54) is 4.57 Å². The van der Waals surface area contributed by atoms with Crippen molar-refractivity contribution < 1.29 is 4.11 Å². The van der Waals surface area contributed by atoms with Crippen molar-refractivity contribution in [3.8, 4) is 5.69 Å². The molecule has 2 nitrogen and oxygen atoms in total. The van der Waals surface area contributed by atoms with Crippen LogP contribution < -0.4 is 0 Å². The molecule has 60 valence electrons. The predicted molar refractivity (Wildman–Crippen MR) is 51.3 cm³/mol. The first-order valence-electron chi connectivity index (χ1n) is 4.88. The second-order valence-corrected chi connectivity index (χ2v) is 3.17. The quantitative estimate of drug-likeness (QED) is 0.730. The molecule has 0 saturated heterocycles. The second kappa shape index (κ2) is 3.11. The van der Waals surface area contributed by atoms with E-state index in [0.29, 0.717) is 5.69 Å². The molecule has 0 aliphatic carbocycles. The molecular formula is C9H7BrN2. The summed E-state index contributed by atoms with van der Waals surface area (Å²) in [4.78, 5) is 3.61. The minimum atomic E-state index is -0.181. The van der Waals surface area contributed by atoms with Gasteiger partial charge in [0.1, 0.15) is 1.37 Å². The highest BCUT2D eigenvalue weighted by molar-refractivity contribution is 9.10. The highest BCUT2D eigenvalue weighted by Gasteiger charge is 1.94. The largest absolute Gasteiger partial charge is 0.306 e. The summed E-state index contributed by atoms with van der Waals surface area (Å²) in [6.07, 6.45) is -0.346. The lowest BCUT2D eigenvalue weighted by atomic mass is 10.3. The second-order valence-electron chi connectivity index (χ2n) is 2.25. The fourth-order valence-electron chi connectivity index (χ4n) is 0.912. The van der Waals surface area contributed by atoms with Crippen LogP contribution in [0.4, 0.5) is 0 Å². The highest BCUT2D eigenvalue weighted by atomic mass is 79.9. The maximum Gasteiger partial charge on any atom is 0.105 e. The molecule has 0 spiro atoms. The van der Waals surface area contributed by atoms with Crippen LogP contribution >= 0.6 is 15.9 Å². The van der Waals surface area contributed by atoms with Gasteiger partial charge < -0.3 is 4.57 Å². The van der Waals surface area contributed by atoms with Gasteiger partial charge in [0.05, 0.1) is 9.04 Å². The minimum absolute atomic E-state index is 0.0712. The number of aromatic nitrogens is 2. The smallest absolute Gasteiger partial charge is 0.105 e. The molecule has 1 heterocycles. The molecule has 0 saturated carbocycles. The maximum absolute atomic E-state index is 7.60. The monoisotopic (exact) mass is 225 g/mol. The van der Waals surface area contributed by atoms with Gasteiger partial charge in [0.2, 0.25) is 0 Å². The van der Waals surface area contributed by atoms with Crippen molar-refractivity contribution in [2.45, 2.75) is 0 Å². The summed E-state index contributed by atoms with van der Waals surface area (Å²) in [6.45, 7) is 0. The van der Waals surface area contributed by atoms with Gasteiger partial charge in [-0.25, -0.2) is 4.98 Å². The Balaban J connectivity index is 2.63. The Morgan fingerprint density at radius 3 is 3.08 bits per heavy atom. The molecule has 0 bridgehead atoms. The minimum Gasteiger partial charge on any atom is -0.306 e. The lowest BCUT2D eigenvalue weighted by Gasteiger charge is -2.00. The van der Waals surface area contributed by atoms with Gasteiger partial charge in [-0.2, -0.15) is 0 Å². The Morgan fingerprint density at radius 2 is 2.42 bits per heavy atom. The number of rotatable bonds is 1. The molecular weight excluding hydrogens is 216 g/mol. The van der Waals surface area contributed by atoms with Gasteiger partial charge >= 0.3 is 0 Å². The normalized spacial score (nSPS) is 13.6. The van der Waals surface area contributed by atoms with Crippen LogP contribution in [-0.4, -0.2) is 9.55 Å². The molecule has 1 aromatic heterocycles. The van der Waals surface area contributed by atoms with E-state index in [0.717, 1.165) is 4.47 Å². The predicted octanol–water partition coefficient (Wildman–Crippen LogP) is 2.63. The van der Waals surface area contributed by atoms with Gasteiger partial charge in [-0.1, -0.05) is 22.0 Å². The third-order valence-electron chi connectivity index (χ3n) is 1.43. The van der Waals surface area contributed by atoms with E-state index in [2.05, 4.69) is 20.9 Å². The summed E-state index contributed by atoms with van der Waals surface area (Å²) in [7, 11) is 0. The zero-order valence-corrected chi connectivity index (χ0v) is 7.67. The van der Waals surface area contributed by atoms with Crippen molar-refractivity contribution in [3.63, 3.8) is 0 Å². The summed E-state index contributed by atoms with van der Waals surface area (Å²) in [5, 5.41) is 0. The van der Waals surface area contributed by atoms with Crippen molar-refractivity contribution in [2.75, 3.05) is 0 Å². The van der Waals surface area contributed by atoms with E-state index in [1.807, 2.05) is 12.1 Å². The summed E-state index contributed by atoms with van der Waals surface area (Å²) < 4.78 is 24.6. The first-order chi connectivity index (χ1) is 7.09. The maximum atomic E-state index is 7.60. The Kier molecular flexibility index (Phi) is 1.25. The number of halogens is 1. The van der Waals surface area contributed by atoms with Crippen LogP contribution in [0.5, 0.6) is 0 Å². The summed E-state index contributed by atoms with van der Waals surface area (Å²) in [6, 6.07) is 7.20. The molecule has 0 unspecified atom stereocenters. The summed E-state index contributed by atoms with van der Waals surface area (Å²) in [5.74, 6) is 0. The molecule has 3 heteroatoms. The number of benzene rings is 1. The van der Waals surface area contributed by atoms with Crippen LogP contribution in [0, 0.1) is 0 Å². The summed E-state index contributed by atoms with van der Waals surface area (Å²) >= 11 is 3.31. The van der Waals surface area contributed by atoms with Gasteiger partial charge in [-0.05, 0) is 18.2 Å². The molecule has 0 aliphatic heterocycles. The van der Waals surface area contributed by atoms with Gasteiger partial charge in [-0.3, -0.25) is 0 Å². The van der Waals surface area contributed by atoms with E-state index < -0.39 is 0 Å². The zero-order valence-electron chi connectivity index (χ0n) is 9.08. The first kappa shape index (κ1) is 4.82. The molecule has 0 atom stereocenters. The lowest BCUT2D eigenvalue weighted by molar-refractivity contribution is 1.06. The number of hydrogen-bond donors (Lipinski definition) is 0. The Bertz CT molecular complexity index is 510. The van der Waals surface area contributed by atoms with Crippen molar-refractivity contribution >= 4 is 15.9 Å². The molecule has 0 radical (unpaired) electrons. The van der Waals surface area contributed by atoms with Crippen LogP contribution in [0.15, 0.2) is 47.4 Å². The van der Waals surface area contributed by atoms with Gasteiger partial charge in [0.25, 0.3) is 0 Å². The van der Waals surface area contributed by atoms with Crippen molar-refractivity contribution in [2.24, 2.45) is 0 Å². The molecule has 2 aromatic rings. The average Bonchev–Trinajstić information content (AvgIpc) is 2.41. The van der Waals surface area contributed by atoms with Gasteiger partial charge in [0.15, 0.2) is 0 Å². The number of nitrogens with zero attached hydrogens (tertiary/aromatic N) is 2. The van der Waals surface area contributed by atoms with E-state index in [4.69, 9.17) is 4.11 Å². The molecule has 2 rings (SSSR count). The van der Waals surface area contributed by atoms with Crippen LogP contribution in [0.2, 0.25) is 0 Å². The van der Waals surface area contributed by atoms with Crippen molar-refractivity contribution in [3.05, 3.63) is 47.4 Å². The third kappa shape index (κ3) is 1.41. The molecule has 1 aromatic carbocycles. The van der Waals surface area contributed by atoms with Crippen LogP contribution in [0.1, 0.15) is 4.11 Å². The van der Waals surface area contributed by atoms with Crippen molar-refractivity contribution in [1.82, 2.24) is 9.55 Å². The SMILES string of the molecule is [2H]c1nc([2H])n(-c2cccc(Br)c2)c1[2H].